The van der Waals surface area contributed by atoms with Gasteiger partial charge in [-0.25, -0.2) is 4.98 Å². The van der Waals surface area contributed by atoms with Crippen LogP contribution in [0.25, 0.3) is 0 Å². The minimum Gasteiger partial charge on any atom is -0.497 e. The van der Waals surface area contributed by atoms with Crippen molar-refractivity contribution < 1.29 is 4.74 Å². The first-order chi connectivity index (χ1) is 9.67. The van der Waals surface area contributed by atoms with Gasteiger partial charge in [-0.15, -0.1) is 0 Å². The van der Waals surface area contributed by atoms with Gasteiger partial charge in [-0.05, 0) is 36.4 Å². The molecular formula is C16H17ClN2O. The molecule has 0 saturated heterocycles. The lowest BCUT2D eigenvalue weighted by molar-refractivity contribution is 0.290. The van der Waals surface area contributed by atoms with Gasteiger partial charge in [0.25, 0.3) is 0 Å². The van der Waals surface area contributed by atoms with Crippen molar-refractivity contribution >= 4 is 11.6 Å². The zero-order valence-corrected chi connectivity index (χ0v) is 12.4. The van der Waals surface area contributed by atoms with Crippen LogP contribution in [0, 0.1) is 0 Å². The molecule has 0 bridgehead atoms. The summed E-state index contributed by atoms with van der Waals surface area (Å²) in [6.07, 6.45) is 0. The zero-order chi connectivity index (χ0) is 14.1. The maximum absolute atomic E-state index is 6.01. The summed E-state index contributed by atoms with van der Waals surface area (Å²) in [4.78, 5) is 6.75. The molecule has 0 amide bonds. The number of hydrogen-bond donors (Lipinski definition) is 0. The van der Waals surface area contributed by atoms with Crippen LogP contribution in [-0.2, 0) is 6.54 Å². The Balaban J connectivity index is 2.01. The summed E-state index contributed by atoms with van der Waals surface area (Å²) >= 11 is 6.01. The van der Waals surface area contributed by atoms with E-state index in [1.165, 1.54) is 11.1 Å². The van der Waals surface area contributed by atoms with Crippen molar-refractivity contribution in [3.63, 3.8) is 0 Å². The van der Waals surface area contributed by atoms with Crippen LogP contribution < -0.4 is 4.74 Å². The molecule has 1 aromatic carbocycles. The molecule has 3 nitrogen and oxygen atoms in total. The van der Waals surface area contributed by atoms with Crippen molar-refractivity contribution in [3.05, 3.63) is 58.4 Å². The highest BCUT2D eigenvalue weighted by Crippen LogP contribution is 2.33. The summed E-state index contributed by atoms with van der Waals surface area (Å²) in [5.41, 5.74) is 3.63. The fourth-order valence-corrected chi connectivity index (χ4v) is 2.95. The third-order valence-electron chi connectivity index (χ3n) is 3.78. The highest BCUT2D eigenvalue weighted by Gasteiger charge is 2.25. The number of rotatable bonds is 2. The first-order valence-electron chi connectivity index (χ1n) is 6.65. The van der Waals surface area contributed by atoms with E-state index in [0.29, 0.717) is 11.1 Å². The molecule has 20 heavy (non-hydrogen) atoms. The van der Waals surface area contributed by atoms with Crippen molar-refractivity contribution in [1.29, 1.82) is 0 Å². The van der Waals surface area contributed by atoms with E-state index < -0.39 is 0 Å². The molecule has 1 atom stereocenters. The molecule has 0 N–H and O–H groups in total. The molecule has 1 aromatic heterocycles. The number of benzene rings is 1. The van der Waals surface area contributed by atoms with Crippen molar-refractivity contribution in [3.8, 4) is 5.75 Å². The Bertz CT molecular complexity index is 612. The summed E-state index contributed by atoms with van der Waals surface area (Å²) < 4.78 is 5.22. The predicted octanol–water partition coefficient (Wildman–Crippen LogP) is 3.32. The van der Waals surface area contributed by atoms with E-state index in [0.717, 1.165) is 24.5 Å². The summed E-state index contributed by atoms with van der Waals surface area (Å²) in [7, 11) is 3.80. The number of pyridine rings is 1. The number of methoxy groups -OCH3 is 1. The van der Waals surface area contributed by atoms with E-state index >= 15 is 0 Å². The Hall–Kier alpha value is -1.58. The average molecular weight is 289 g/mol. The van der Waals surface area contributed by atoms with Crippen LogP contribution in [-0.4, -0.2) is 30.6 Å². The van der Waals surface area contributed by atoms with Gasteiger partial charge in [-0.1, -0.05) is 29.8 Å². The van der Waals surface area contributed by atoms with E-state index in [4.69, 9.17) is 16.3 Å². The van der Waals surface area contributed by atoms with E-state index in [2.05, 4.69) is 35.1 Å². The fraction of sp³-hybridized carbons (Fsp3) is 0.312. The van der Waals surface area contributed by atoms with Crippen LogP contribution in [0.15, 0.2) is 36.4 Å². The van der Waals surface area contributed by atoms with Gasteiger partial charge in [0.1, 0.15) is 10.9 Å². The molecular weight excluding hydrogens is 272 g/mol. The molecule has 1 unspecified atom stereocenters. The fourth-order valence-electron chi connectivity index (χ4n) is 2.78. The molecule has 1 aliphatic rings. The van der Waals surface area contributed by atoms with Crippen molar-refractivity contribution in [2.24, 2.45) is 0 Å². The number of ether oxygens (including phenoxy) is 1. The number of nitrogens with zero attached hydrogens (tertiary/aromatic N) is 2. The van der Waals surface area contributed by atoms with E-state index in [1.807, 2.05) is 18.2 Å². The normalized spacial score (nSPS) is 18.6. The van der Waals surface area contributed by atoms with E-state index in [-0.39, 0.29) is 0 Å². The third-order valence-corrected chi connectivity index (χ3v) is 3.99. The number of fused-ring (bicyclic) bond motifs is 1. The minimum atomic E-state index is 0.333. The third kappa shape index (κ3) is 2.51. The molecule has 2 aromatic rings. The van der Waals surface area contributed by atoms with Gasteiger partial charge in [0.15, 0.2) is 0 Å². The lowest BCUT2D eigenvalue weighted by atomic mass is 9.87. The summed E-state index contributed by atoms with van der Waals surface area (Å²) in [6, 6.07) is 12.2. The van der Waals surface area contributed by atoms with Crippen LogP contribution in [0.3, 0.4) is 0 Å². The number of hydrogen-bond acceptors (Lipinski definition) is 3. The molecule has 4 heteroatoms. The second-order valence-electron chi connectivity index (χ2n) is 5.19. The summed E-state index contributed by atoms with van der Waals surface area (Å²) in [6.45, 7) is 1.84. The molecule has 1 aliphatic heterocycles. The second kappa shape index (κ2) is 5.43. The van der Waals surface area contributed by atoms with Crippen LogP contribution in [0.1, 0.15) is 22.7 Å². The first kappa shape index (κ1) is 13.4. The smallest absolute Gasteiger partial charge is 0.129 e. The monoisotopic (exact) mass is 288 g/mol. The first-order valence-corrected chi connectivity index (χ1v) is 7.03. The maximum Gasteiger partial charge on any atom is 0.129 e. The Morgan fingerprint density at radius 3 is 2.65 bits per heavy atom. The maximum atomic E-state index is 6.01. The molecule has 0 radical (unpaired) electrons. The van der Waals surface area contributed by atoms with Gasteiger partial charge in [0.2, 0.25) is 0 Å². The van der Waals surface area contributed by atoms with Gasteiger partial charge in [-0.2, -0.15) is 0 Å². The van der Waals surface area contributed by atoms with Crippen molar-refractivity contribution in [1.82, 2.24) is 9.88 Å². The van der Waals surface area contributed by atoms with Gasteiger partial charge in [0, 0.05) is 19.0 Å². The molecule has 104 valence electrons. The molecule has 0 saturated carbocycles. The Morgan fingerprint density at radius 2 is 1.95 bits per heavy atom. The number of likely N-dealkylation sites (N-methyl/N-ethyl adjacent to an activating group) is 1. The van der Waals surface area contributed by atoms with Gasteiger partial charge in [0.05, 0.1) is 12.8 Å². The van der Waals surface area contributed by atoms with Gasteiger partial charge in [-0.3, -0.25) is 4.90 Å². The van der Waals surface area contributed by atoms with Gasteiger partial charge < -0.3 is 4.74 Å². The molecule has 0 aliphatic carbocycles. The Morgan fingerprint density at radius 1 is 1.20 bits per heavy atom. The highest BCUT2D eigenvalue weighted by atomic mass is 35.5. The van der Waals surface area contributed by atoms with Crippen molar-refractivity contribution in [2.45, 2.75) is 12.5 Å². The van der Waals surface area contributed by atoms with E-state index in [1.54, 1.807) is 7.11 Å². The largest absolute Gasteiger partial charge is 0.497 e. The van der Waals surface area contributed by atoms with Crippen LogP contribution in [0.4, 0.5) is 0 Å². The quantitative estimate of drug-likeness (QED) is 0.793. The van der Waals surface area contributed by atoms with Crippen LogP contribution in [0.2, 0.25) is 5.15 Å². The van der Waals surface area contributed by atoms with E-state index in [9.17, 15) is 0 Å². The topological polar surface area (TPSA) is 25.4 Å². The molecule has 2 heterocycles. The summed E-state index contributed by atoms with van der Waals surface area (Å²) in [5.74, 6) is 1.21. The van der Waals surface area contributed by atoms with Crippen molar-refractivity contribution in [2.75, 3.05) is 20.7 Å². The Labute approximate surface area is 124 Å². The molecule has 3 rings (SSSR count). The number of halogens is 1. The molecule has 0 spiro atoms. The van der Waals surface area contributed by atoms with Gasteiger partial charge >= 0.3 is 0 Å². The Kier molecular flexibility index (Phi) is 3.64. The molecule has 0 fully saturated rings. The van der Waals surface area contributed by atoms with Crippen LogP contribution in [0.5, 0.6) is 5.75 Å². The zero-order valence-electron chi connectivity index (χ0n) is 11.6. The summed E-state index contributed by atoms with van der Waals surface area (Å²) in [5, 5.41) is 0.563. The highest BCUT2D eigenvalue weighted by molar-refractivity contribution is 6.29. The predicted molar refractivity (Wildman–Crippen MR) is 80.4 cm³/mol. The lowest BCUT2D eigenvalue weighted by Gasteiger charge is -2.31. The number of aromatic nitrogens is 1. The average Bonchev–Trinajstić information content (AvgIpc) is 2.46. The SMILES string of the molecule is COc1ccc(C2CN(C)Cc3nc(Cl)ccc32)cc1. The lowest BCUT2D eigenvalue weighted by Crippen LogP contribution is -2.31. The minimum absolute atomic E-state index is 0.333. The second-order valence-corrected chi connectivity index (χ2v) is 5.58. The standard InChI is InChI=1S/C16H17ClN2O/c1-19-9-14(11-3-5-12(20-2)6-4-11)13-7-8-16(17)18-15(13)10-19/h3-8,14H,9-10H2,1-2H3. The van der Waals surface area contributed by atoms with Crippen LogP contribution >= 0.6 is 11.6 Å².